The fourth-order valence-corrected chi connectivity index (χ4v) is 2.86. The second-order valence-corrected chi connectivity index (χ2v) is 5.54. The number of hydrogen-bond donors (Lipinski definition) is 1. The molecule has 1 aromatic rings. The van der Waals surface area contributed by atoms with Crippen molar-refractivity contribution >= 4 is 5.69 Å². The van der Waals surface area contributed by atoms with Crippen molar-refractivity contribution in [2.45, 2.75) is 39.7 Å². The smallest absolute Gasteiger partial charge is 0.103 e. The molecule has 102 valence electrons. The number of nitrogens with zero attached hydrogens (tertiary/aromatic N) is 3. The number of hydrogen-bond acceptors (Lipinski definition) is 4. The highest BCUT2D eigenvalue weighted by atomic mass is 15.1. The first-order chi connectivity index (χ1) is 9.02. The van der Waals surface area contributed by atoms with Gasteiger partial charge in [-0.1, -0.05) is 0 Å². The lowest BCUT2D eigenvalue weighted by atomic mass is 9.90. The predicted molar refractivity (Wildman–Crippen MR) is 77.0 cm³/mol. The van der Waals surface area contributed by atoms with Crippen LogP contribution in [0.1, 0.15) is 36.7 Å². The minimum atomic E-state index is 0.262. The van der Waals surface area contributed by atoms with Crippen molar-refractivity contribution in [1.82, 2.24) is 4.98 Å². The van der Waals surface area contributed by atoms with Gasteiger partial charge < -0.3 is 10.6 Å². The maximum Gasteiger partial charge on any atom is 0.103 e. The molecule has 2 rings (SSSR count). The van der Waals surface area contributed by atoms with Gasteiger partial charge in [0.2, 0.25) is 0 Å². The monoisotopic (exact) mass is 258 g/mol. The fourth-order valence-electron chi connectivity index (χ4n) is 2.86. The van der Waals surface area contributed by atoms with Gasteiger partial charge in [-0.2, -0.15) is 5.26 Å². The van der Waals surface area contributed by atoms with Crippen LogP contribution in [0.3, 0.4) is 0 Å². The summed E-state index contributed by atoms with van der Waals surface area (Å²) in [4.78, 5) is 6.68. The first kappa shape index (κ1) is 13.8. The highest BCUT2D eigenvalue weighted by molar-refractivity contribution is 5.61. The quantitative estimate of drug-likeness (QED) is 0.882. The van der Waals surface area contributed by atoms with Gasteiger partial charge in [-0.3, -0.25) is 4.98 Å². The summed E-state index contributed by atoms with van der Waals surface area (Å²) >= 11 is 0. The maximum atomic E-state index is 9.32. The zero-order chi connectivity index (χ0) is 14.0. The summed E-state index contributed by atoms with van der Waals surface area (Å²) < 4.78 is 0. The maximum absolute atomic E-state index is 9.32. The van der Waals surface area contributed by atoms with Crippen molar-refractivity contribution in [3.63, 3.8) is 0 Å². The van der Waals surface area contributed by atoms with Crippen LogP contribution in [-0.4, -0.2) is 24.1 Å². The van der Waals surface area contributed by atoms with Gasteiger partial charge in [0, 0.05) is 24.8 Å². The lowest BCUT2D eigenvalue weighted by Crippen LogP contribution is -2.40. The number of anilines is 1. The average Bonchev–Trinajstić information content (AvgIpc) is 2.38. The van der Waals surface area contributed by atoms with E-state index in [-0.39, 0.29) is 6.04 Å². The third-order valence-corrected chi connectivity index (χ3v) is 4.04. The van der Waals surface area contributed by atoms with Gasteiger partial charge in [-0.15, -0.1) is 0 Å². The van der Waals surface area contributed by atoms with Gasteiger partial charge in [0.15, 0.2) is 0 Å². The third kappa shape index (κ3) is 2.87. The van der Waals surface area contributed by atoms with Crippen molar-refractivity contribution < 1.29 is 0 Å². The summed E-state index contributed by atoms with van der Waals surface area (Å²) in [5.74, 6) is 0.603. The number of pyridine rings is 1. The van der Waals surface area contributed by atoms with E-state index < -0.39 is 0 Å². The van der Waals surface area contributed by atoms with Crippen molar-refractivity contribution in [2.75, 3.05) is 18.0 Å². The Labute approximate surface area is 115 Å². The van der Waals surface area contributed by atoms with E-state index in [0.717, 1.165) is 43.0 Å². The van der Waals surface area contributed by atoms with E-state index in [9.17, 15) is 5.26 Å². The Hall–Kier alpha value is -1.60. The molecule has 0 aromatic carbocycles. The second-order valence-electron chi connectivity index (χ2n) is 5.54. The van der Waals surface area contributed by atoms with E-state index in [1.165, 1.54) is 0 Å². The van der Waals surface area contributed by atoms with E-state index in [1.54, 1.807) is 0 Å². The Morgan fingerprint density at radius 2 is 2.05 bits per heavy atom. The number of nitriles is 1. The Morgan fingerprint density at radius 3 is 2.58 bits per heavy atom. The van der Waals surface area contributed by atoms with E-state index in [4.69, 9.17) is 5.73 Å². The van der Waals surface area contributed by atoms with Gasteiger partial charge in [0.1, 0.15) is 6.07 Å². The minimum Gasteiger partial charge on any atom is -0.370 e. The Morgan fingerprint density at radius 1 is 1.42 bits per heavy atom. The zero-order valence-corrected chi connectivity index (χ0v) is 12.0. The molecule has 0 bridgehead atoms. The molecule has 19 heavy (non-hydrogen) atoms. The highest BCUT2D eigenvalue weighted by Gasteiger charge is 2.24. The lowest BCUT2D eigenvalue weighted by molar-refractivity contribution is 0.354. The van der Waals surface area contributed by atoms with Crippen LogP contribution in [0, 0.1) is 31.1 Å². The summed E-state index contributed by atoms with van der Waals surface area (Å²) in [5.41, 5.74) is 9.52. The molecule has 1 atom stereocenters. The molecule has 1 fully saturated rings. The SMILES string of the molecule is Cc1cc(N2CCC(C(C)N)CC2)c(C#N)c(C)n1. The van der Waals surface area contributed by atoms with Crippen LogP contribution < -0.4 is 10.6 Å². The fraction of sp³-hybridized carbons (Fsp3) is 0.600. The predicted octanol–water partition coefficient (Wildman–Crippen LogP) is 2.13. The summed E-state index contributed by atoms with van der Waals surface area (Å²) in [5, 5.41) is 9.32. The van der Waals surface area contributed by atoms with Crippen LogP contribution >= 0.6 is 0 Å². The number of rotatable bonds is 2. The molecule has 1 aliphatic heterocycles. The molecular weight excluding hydrogens is 236 g/mol. The standard InChI is InChI=1S/C15H22N4/c1-10-8-15(14(9-16)12(3)18-10)19-6-4-13(5-7-19)11(2)17/h8,11,13H,4-7,17H2,1-3H3. The molecule has 1 saturated heterocycles. The Balaban J connectivity index is 2.22. The number of nitrogens with two attached hydrogens (primary N) is 1. The van der Waals surface area contributed by atoms with Crippen LogP contribution in [0.15, 0.2) is 6.07 Å². The number of aromatic nitrogens is 1. The molecule has 4 nitrogen and oxygen atoms in total. The molecule has 2 heterocycles. The van der Waals surface area contributed by atoms with E-state index in [2.05, 4.69) is 22.9 Å². The van der Waals surface area contributed by atoms with E-state index >= 15 is 0 Å². The van der Waals surface area contributed by atoms with Crippen LogP contribution in [0.25, 0.3) is 0 Å². The molecule has 0 saturated carbocycles. The van der Waals surface area contributed by atoms with Crippen molar-refractivity contribution in [1.29, 1.82) is 5.26 Å². The van der Waals surface area contributed by atoms with Crippen LogP contribution in [-0.2, 0) is 0 Å². The molecule has 4 heteroatoms. The van der Waals surface area contributed by atoms with Crippen molar-refractivity contribution in [3.8, 4) is 6.07 Å². The normalized spacial score (nSPS) is 18.2. The Kier molecular flexibility index (Phi) is 4.06. The molecule has 2 N–H and O–H groups in total. The number of aryl methyl sites for hydroxylation is 2. The molecule has 0 radical (unpaired) electrons. The largest absolute Gasteiger partial charge is 0.370 e. The van der Waals surface area contributed by atoms with Crippen LogP contribution in [0.2, 0.25) is 0 Å². The molecule has 0 aliphatic carbocycles. The van der Waals surface area contributed by atoms with Gasteiger partial charge in [-0.25, -0.2) is 0 Å². The van der Waals surface area contributed by atoms with E-state index in [1.807, 2.05) is 19.9 Å². The lowest BCUT2D eigenvalue weighted by Gasteiger charge is -2.35. The van der Waals surface area contributed by atoms with Crippen LogP contribution in [0.4, 0.5) is 5.69 Å². The van der Waals surface area contributed by atoms with Gasteiger partial charge in [0.25, 0.3) is 0 Å². The van der Waals surface area contributed by atoms with Gasteiger partial charge in [0.05, 0.1) is 16.9 Å². The average molecular weight is 258 g/mol. The summed E-state index contributed by atoms with van der Waals surface area (Å²) in [6.45, 7) is 7.92. The Bertz CT molecular complexity index is 494. The number of piperidine rings is 1. The third-order valence-electron chi connectivity index (χ3n) is 4.04. The zero-order valence-electron chi connectivity index (χ0n) is 12.0. The van der Waals surface area contributed by atoms with Crippen LogP contribution in [0.5, 0.6) is 0 Å². The molecule has 1 aliphatic rings. The summed E-state index contributed by atoms with van der Waals surface area (Å²) in [6, 6.07) is 4.58. The molecule has 1 unspecified atom stereocenters. The molecule has 1 aromatic heterocycles. The summed E-state index contributed by atoms with van der Waals surface area (Å²) in [7, 11) is 0. The van der Waals surface area contributed by atoms with Crippen molar-refractivity contribution in [2.24, 2.45) is 11.7 Å². The molecular formula is C15H22N4. The van der Waals surface area contributed by atoms with Gasteiger partial charge in [-0.05, 0) is 45.6 Å². The first-order valence-electron chi connectivity index (χ1n) is 6.91. The second kappa shape index (κ2) is 5.58. The highest BCUT2D eigenvalue weighted by Crippen LogP contribution is 2.28. The van der Waals surface area contributed by atoms with E-state index in [0.29, 0.717) is 11.5 Å². The minimum absolute atomic E-state index is 0.262. The summed E-state index contributed by atoms with van der Waals surface area (Å²) in [6.07, 6.45) is 2.20. The topological polar surface area (TPSA) is 65.9 Å². The molecule has 0 spiro atoms. The first-order valence-corrected chi connectivity index (χ1v) is 6.91. The van der Waals surface area contributed by atoms with Gasteiger partial charge >= 0.3 is 0 Å². The van der Waals surface area contributed by atoms with Crippen molar-refractivity contribution in [3.05, 3.63) is 23.0 Å². The molecule has 0 amide bonds.